The summed E-state index contributed by atoms with van der Waals surface area (Å²) in [6, 6.07) is 19.0. The molecule has 0 aliphatic rings. The van der Waals surface area contributed by atoms with Gasteiger partial charge >= 0.3 is 0 Å². The molecule has 9 heteroatoms. The van der Waals surface area contributed by atoms with Crippen LogP contribution in [0.1, 0.15) is 5.56 Å². The molecule has 0 amide bonds. The van der Waals surface area contributed by atoms with Crippen molar-refractivity contribution < 1.29 is 8.42 Å². The number of benzene rings is 2. The third-order valence-electron chi connectivity index (χ3n) is 4.51. The van der Waals surface area contributed by atoms with E-state index in [9.17, 15) is 8.42 Å². The molecule has 0 bridgehead atoms. The lowest BCUT2D eigenvalue weighted by atomic mass is 10.2. The van der Waals surface area contributed by atoms with Gasteiger partial charge in [-0.25, -0.2) is 18.1 Å². The summed E-state index contributed by atoms with van der Waals surface area (Å²) in [5.41, 5.74) is 3.07. The number of hydrogen-bond acceptors (Lipinski definition) is 6. The van der Waals surface area contributed by atoms with Crippen LogP contribution in [0.2, 0.25) is 0 Å². The van der Waals surface area contributed by atoms with Crippen molar-refractivity contribution in [3.05, 3.63) is 77.8 Å². The monoisotopic (exact) mass is 452 g/mol. The molecule has 5 aromatic rings. The number of thiophene rings is 1. The first-order valence-corrected chi connectivity index (χ1v) is 12.3. The van der Waals surface area contributed by atoms with E-state index in [0.29, 0.717) is 10.8 Å². The zero-order valence-electron chi connectivity index (χ0n) is 15.8. The Kier molecular flexibility index (Phi) is 4.65. The third-order valence-corrected chi connectivity index (χ3v) is 7.79. The average molecular weight is 453 g/mol. The van der Waals surface area contributed by atoms with Crippen LogP contribution in [-0.2, 0) is 10.0 Å². The predicted molar refractivity (Wildman–Crippen MR) is 122 cm³/mol. The molecule has 0 saturated heterocycles. The van der Waals surface area contributed by atoms with Crippen LogP contribution in [0.3, 0.4) is 0 Å². The van der Waals surface area contributed by atoms with Crippen molar-refractivity contribution >= 4 is 48.0 Å². The highest BCUT2D eigenvalue weighted by Gasteiger charge is 2.26. The van der Waals surface area contributed by atoms with Gasteiger partial charge in [-0.1, -0.05) is 41.7 Å². The summed E-state index contributed by atoms with van der Waals surface area (Å²) in [5.74, 6) is 0. The van der Waals surface area contributed by atoms with E-state index in [0.717, 1.165) is 26.3 Å². The Labute approximate surface area is 181 Å². The molecule has 3 aromatic heterocycles. The van der Waals surface area contributed by atoms with Crippen molar-refractivity contribution in [3.63, 3.8) is 0 Å². The van der Waals surface area contributed by atoms with E-state index in [4.69, 9.17) is 0 Å². The molecular formula is C21H16N4O2S3. The minimum absolute atomic E-state index is 0.115. The summed E-state index contributed by atoms with van der Waals surface area (Å²) in [4.78, 5) is 5.32. The van der Waals surface area contributed by atoms with Crippen molar-refractivity contribution in [3.8, 4) is 16.3 Å². The van der Waals surface area contributed by atoms with Gasteiger partial charge in [0.1, 0.15) is 10.6 Å². The maximum absolute atomic E-state index is 13.3. The molecule has 0 radical (unpaired) electrons. The van der Waals surface area contributed by atoms with E-state index in [1.165, 1.54) is 22.7 Å². The number of para-hydroxylation sites is 1. The van der Waals surface area contributed by atoms with E-state index in [1.807, 2.05) is 73.0 Å². The van der Waals surface area contributed by atoms with Crippen molar-refractivity contribution in [2.45, 2.75) is 11.8 Å². The molecule has 6 nitrogen and oxygen atoms in total. The van der Waals surface area contributed by atoms with Crippen molar-refractivity contribution in [2.75, 3.05) is 4.72 Å². The van der Waals surface area contributed by atoms with Crippen molar-refractivity contribution in [2.24, 2.45) is 0 Å². The Morgan fingerprint density at radius 1 is 1.03 bits per heavy atom. The summed E-state index contributed by atoms with van der Waals surface area (Å²) >= 11 is 2.76. The molecule has 30 heavy (non-hydrogen) atoms. The number of aryl methyl sites for hydroxylation is 1. The number of anilines is 1. The Morgan fingerprint density at radius 2 is 1.87 bits per heavy atom. The summed E-state index contributed by atoms with van der Waals surface area (Å²) < 4.78 is 31.8. The molecule has 0 spiro atoms. The van der Waals surface area contributed by atoms with Crippen LogP contribution in [0.15, 0.2) is 77.1 Å². The van der Waals surface area contributed by atoms with Gasteiger partial charge in [0.25, 0.3) is 10.0 Å². The van der Waals surface area contributed by atoms with Gasteiger partial charge in [-0.2, -0.15) is 5.10 Å². The van der Waals surface area contributed by atoms with Crippen LogP contribution in [0.4, 0.5) is 5.13 Å². The van der Waals surface area contributed by atoms with E-state index in [2.05, 4.69) is 14.8 Å². The number of thiazole rings is 1. The maximum atomic E-state index is 13.3. The van der Waals surface area contributed by atoms with Crippen LogP contribution in [0.5, 0.6) is 0 Å². The minimum atomic E-state index is -3.89. The first-order valence-electron chi connectivity index (χ1n) is 9.09. The quantitative estimate of drug-likeness (QED) is 0.392. The molecule has 0 aliphatic carbocycles. The lowest BCUT2D eigenvalue weighted by molar-refractivity contribution is 0.601. The number of nitrogens with zero attached hydrogens (tertiary/aromatic N) is 3. The Balaban J connectivity index is 1.59. The van der Waals surface area contributed by atoms with Gasteiger partial charge in [0, 0.05) is 0 Å². The molecule has 0 aliphatic heterocycles. The van der Waals surface area contributed by atoms with Gasteiger partial charge < -0.3 is 0 Å². The zero-order valence-corrected chi connectivity index (χ0v) is 18.3. The number of rotatable bonds is 5. The van der Waals surface area contributed by atoms with Crippen LogP contribution in [-0.4, -0.2) is 23.2 Å². The normalized spacial score (nSPS) is 11.8. The number of nitrogens with one attached hydrogen (secondary N) is 1. The Hall–Kier alpha value is -3.01. The second-order valence-corrected chi connectivity index (χ2v) is 10.3. The predicted octanol–water partition coefficient (Wildman–Crippen LogP) is 5.32. The van der Waals surface area contributed by atoms with Gasteiger partial charge in [-0.3, -0.25) is 4.72 Å². The standard InChI is InChI=1S/C21H16N4O2S3/c1-14-9-10-16-18(12-14)29-21(22-16)24-30(26,27)19-13-25(15-6-3-2-4-7-15)23-20(19)17-8-5-11-28-17/h2-13H,1H3,(H,22,24). The van der Waals surface area contributed by atoms with Crippen molar-refractivity contribution in [1.29, 1.82) is 0 Å². The van der Waals surface area contributed by atoms with Gasteiger partial charge in [0.05, 0.1) is 27.0 Å². The molecule has 0 saturated carbocycles. The van der Waals surface area contributed by atoms with Crippen LogP contribution in [0.25, 0.3) is 26.5 Å². The second-order valence-electron chi connectivity index (χ2n) is 6.70. The molecule has 2 aromatic carbocycles. The largest absolute Gasteiger partial charge is 0.267 e. The first-order chi connectivity index (χ1) is 14.5. The SMILES string of the molecule is Cc1ccc2nc(NS(=O)(=O)c3cn(-c4ccccc4)nc3-c3cccs3)sc2c1. The highest BCUT2D eigenvalue weighted by Crippen LogP contribution is 2.33. The molecule has 0 fully saturated rings. The molecule has 0 unspecified atom stereocenters. The molecule has 1 N–H and O–H groups in total. The highest BCUT2D eigenvalue weighted by atomic mass is 32.2. The van der Waals surface area contributed by atoms with Gasteiger partial charge in [0.2, 0.25) is 0 Å². The van der Waals surface area contributed by atoms with Crippen LogP contribution < -0.4 is 4.72 Å². The second kappa shape index (κ2) is 7.35. The average Bonchev–Trinajstić information content (AvgIpc) is 3.46. The maximum Gasteiger partial charge on any atom is 0.267 e. The summed E-state index contributed by atoms with van der Waals surface area (Å²) in [6.07, 6.45) is 1.55. The van der Waals surface area contributed by atoms with Gasteiger partial charge in [-0.05, 0) is 48.2 Å². The van der Waals surface area contributed by atoms with Crippen molar-refractivity contribution in [1.82, 2.24) is 14.8 Å². The fourth-order valence-corrected chi connectivity index (χ4v) is 6.23. The van der Waals surface area contributed by atoms with Gasteiger partial charge in [-0.15, -0.1) is 11.3 Å². The number of fused-ring (bicyclic) bond motifs is 1. The lowest BCUT2D eigenvalue weighted by Crippen LogP contribution is -2.13. The zero-order chi connectivity index (χ0) is 20.7. The lowest BCUT2D eigenvalue weighted by Gasteiger charge is -2.04. The number of sulfonamides is 1. The minimum Gasteiger partial charge on any atom is -0.254 e. The first kappa shape index (κ1) is 19.0. The Morgan fingerprint density at radius 3 is 2.63 bits per heavy atom. The molecule has 5 rings (SSSR count). The van der Waals surface area contributed by atoms with E-state index >= 15 is 0 Å². The van der Waals surface area contributed by atoms with Crippen LogP contribution >= 0.6 is 22.7 Å². The fourth-order valence-electron chi connectivity index (χ4n) is 3.10. The molecule has 0 atom stereocenters. The fraction of sp³-hybridized carbons (Fsp3) is 0.0476. The summed E-state index contributed by atoms with van der Waals surface area (Å²) in [6.45, 7) is 1.99. The topological polar surface area (TPSA) is 76.9 Å². The molecule has 150 valence electrons. The van der Waals surface area contributed by atoms with E-state index in [1.54, 1.807) is 10.9 Å². The van der Waals surface area contributed by atoms with Crippen LogP contribution in [0, 0.1) is 6.92 Å². The summed E-state index contributed by atoms with van der Waals surface area (Å²) in [5, 5.41) is 6.81. The molecular weight excluding hydrogens is 436 g/mol. The molecule has 3 heterocycles. The third kappa shape index (κ3) is 3.51. The van der Waals surface area contributed by atoms with E-state index in [-0.39, 0.29) is 4.90 Å². The number of hydrogen-bond donors (Lipinski definition) is 1. The van der Waals surface area contributed by atoms with E-state index < -0.39 is 10.0 Å². The summed E-state index contributed by atoms with van der Waals surface area (Å²) in [7, 11) is -3.89. The Bertz CT molecular complexity index is 1440. The smallest absolute Gasteiger partial charge is 0.254 e. The highest BCUT2D eigenvalue weighted by molar-refractivity contribution is 7.93. The van der Waals surface area contributed by atoms with Gasteiger partial charge in [0.15, 0.2) is 5.13 Å². The number of aromatic nitrogens is 3.